The van der Waals surface area contributed by atoms with Crippen LogP contribution in [0.2, 0.25) is 0 Å². The van der Waals surface area contributed by atoms with Gasteiger partial charge in [0.25, 0.3) is 5.91 Å². The maximum absolute atomic E-state index is 11.1. The maximum Gasteiger partial charge on any atom is 0.272 e. The summed E-state index contributed by atoms with van der Waals surface area (Å²) in [6.07, 6.45) is 1.20. The average molecular weight is 174 g/mol. The summed E-state index contributed by atoms with van der Waals surface area (Å²) in [5, 5.41) is 0. The third kappa shape index (κ3) is 2.17. The Hall–Kier alpha value is -0.650. The van der Waals surface area contributed by atoms with Crippen LogP contribution in [-0.4, -0.2) is 31.8 Å². The Bertz CT molecular complexity index is 163. The highest BCUT2D eigenvalue weighted by atomic mass is 16.6. The lowest BCUT2D eigenvalue weighted by Gasteiger charge is -2.10. The van der Waals surface area contributed by atoms with Crippen LogP contribution in [0.1, 0.15) is 12.8 Å². The highest BCUT2D eigenvalue weighted by molar-refractivity contribution is 5.79. The smallest absolute Gasteiger partial charge is 0.272 e. The van der Waals surface area contributed by atoms with E-state index in [9.17, 15) is 4.79 Å². The van der Waals surface area contributed by atoms with Crippen LogP contribution >= 0.6 is 0 Å². The van der Waals surface area contributed by atoms with Gasteiger partial charge in [-0.15, -0.1) is 0 Å². The molecule has 0 bridgehead atoms. The summed E-state index contributed by atoms with van der Waals surface area (Å²) in [5.41, 5.74) is 7.61. The van der Waals surface area contributed by atoms with E-state index in [0.29, 0.717) is 6.54 Å². The Labute approximate surface area is 71.2 Å². The summed E-state index contributed by atoms with van der Waals surface area (Å²) in [6.45, 7) is 0.469. The van der Waals surface area contributed by atoms with Gasteiger partial charge >= 0.3 is 0 Å². The zero-order valence-electron chi connectivity index (χ0n) is 7.08. The fourth-order valence-corrected chi connectivity index (χ4v) is 1.24. The summed E-state index contributed by atoms with van der Waals surface area (Å²) in [5.74, 6) is -0.228. The highest BCUT2D eigenvalue weighted by Gasteiger charge is 2.29. The Morgan fingerprint density at radius 3 is 3.00 bits per heavy atom. The average Bonchev–Trinajstić information content (AvgIpc) is 2.52. The van der Waals surface area contributed by atoms with Crippen molar-refractivity contribution in [2.75, 3.05) is 13.7 Å². The molecule has 0 saturated carbocycles. The molecule has 0 aromatic heterocycles. The van der Waals surface area contributed by atoms with Crippen LogP contribution in [0.25, 0.3) is 0 Å². The molecule has 0 spiro atoms. The van der Waals surface area contributed by atoms with E-state index in [0.717, 1.165) is 12.8 Å². The lowest BCUT2D eigenvalue weighted by molar-refractivity contribution is -0.142. The molecule has 5 heteroatoms. The second-order valence-electron chi connectivity index (χ2n) is 2.73. The van der Waals surface area contributed by atoms with E-state index in [4.69, 9.17) is 10.5 Å². The van der Waals surface area contributed by atoms with Crippen molar-refractivity contribution in [3.05, 3.63) is 0 Å². The first-order valence-corrected chi connectivity index (χ1v) is 3.96. The summed E-state index contributed by atoms with van der Waals surface area (Å²) < 4.78 is 5.31. The van der Waals surface area contributed by atoms with Gasteiger partial charge in [-0.05, 0) is 12.8 Å². The zero-order chi connectivity index (χ0) is 8.97. The molecule has 2 unspecified atom stereocenters. The van der Waals surface area contributed by atoms with Crippen LogP contribution in [0.3, 0.4) is 0 Å². The number of nitrogens with one attached hydrogen (secondary N) is 1. The first-order valence-electron chi connectivity index (χ1n) is 3.96. The first kappa shape index (κ1) is 9.44. The van der Waals surface area contributed by atoms with Crippen molar-refractivity contribution in [1.29, 1.82) is 0 Å². The Balaban J connectivity index is 2.31. The molecule has 1 fully saturated rings. The number of hydrogen-bond donors (Lipinski definition) is 2. The van der Waals surface area contributed by atoms with Crippen LogP contribution in [-0.2, 0) is 14.4 Å². The van der Waals surface area contributed by atoms with Gasteiger partial charge in [0.15, 0.2) is 0 Å². The number of carbonyl (C=O) groups is 1. The normalized spacial score (nSPS) is 28.8. The number of carbonyl (C=O) groups excluding carboxylic acids is 1. The van der Waals surface area contributed by atoms with Crippen molar-refractivity contribution in [3.8, 4) is 0 Å². The summed E-state index contributed by atoms with van der Waals surface area (Å²) in [4.78, 5) is 15.6. The number of rotatable bonds is 3. The topological polar surface area (TPSA) is 73.6 Å². The van der Waals surface area contributed by atoms with Gasteiger partial charge in [0, 0.05) is 6.54 Å². The number of ether oxygens (including phenoxy) is 1. The van der Waals surface area contributed by atoms with Gasteiger partial charge in [0.2, 0.25) is 0 Å². The minimum absolute atomic E-state index is 0.0256. The van der Waals surface area contributed by atoms with E-state index in [1.807, 2.05) is 0 Å². The maximum atomic E-state index is 11.1. The minimum atomic E-state index is -0.390. The predicted molar refractivity (Wildman–Crippen MR) is 42.1 cm³/mol. The molecular formula is C7H14N2O3. The summed E-state index contributed by atoms with van der Waals surface area (Å²) in [7, 11) is 1.40. The zero-order valence-corrected chi connectivity index (χ0v) is 7.08. The van der Waals surface area contributed by atoms with Crippen molar-refractivity contribution in [2.45, 2.75) is 25.0 Å². The van der Waals surface area contributed by atoms with E-state index in [2.05, 4.69) is 10.3 Å². The number of hydroxylamine groups is 1. The number of nitrogens with two attached hydrogens (primary N) is 1. The van der Waals surface area contributed by atoms with Crippen LogP contribution < -0.4 is 11.2 Å². The van der Waals surface area contributed by atoms with E-state index in [1.54, 1.807) is 0 Å². The van der Waals surface area contributed by atoms with Crippen molar-refractivity contribution < 1.29 is 14.4 Å². The van der Waals surface area contributed by atoms with E-state index in [1.165, 1.54) is 7.11 Å². The van der Waals surface area contributed by atoms with Gasteiger partial charge in [-0.3, -0.25) is 9.63 Å². The molecular weight excluding hydrogens is 160 g/mol. The summed E-state index contributed by atoms with van der Waals surface area (Å²) >= 11 is 0. The first-order chi connectivity index (χ1) is 5.77. The van der Waals surface area contributed by atoms with Gasteiger partial charge in [-0.1, -0.05) is 0 Å². The molecule has 3 N–H and O–H groups in total. The molecule has 1 aliphatic rings. The molecule has 5 nitrogen and oxygen atoms in total. The van der Waals surface area contributed by atoms with E-state index < -0.39 is 6.10 Å². The number of amides is 1. The molecule has 0 aromatic rings. The molecule has 70 valence electrons. The number of hydrogen-bond acceptors (Lipinski definition) is 4. The predicted octanol–water partition coefficient (Wildman–Crippen LogP) is -0.830. The fourth-order valence-electron chi connectivity index (χ4n) is 1.24. The molecule has 1 saturated heterocycles. The standard InChI is InChI=1S/C7H14N2O3/c1-11-9-7(10)6-3-2-5(4-8)12-6/h5-6H,2-4,8H2,1H3,(H,9,10). The van der Waals surface area contributed by atoms with Crippen molar-refractivity contribution in [1.82, 2.24) is 5.48 Å². The largest absolute Gasteiger partial charge is 0.364 e. The quantitative estimate of drug-likeness (QED) is 0.548. The highest BCUT2D eigenvalue weighted by Crippen LogP contribution is 2.18. The molecule has 12 heavy (non-hydrogen) atoms. The third-order valence-corrected chi connectivity index (χ3v) is 1.87. The molecule has 1 amide bonds. The van der Waals surface area contributed by atoms with Crippen molar-refractivity contribution >= 4 is 5.91 Å². The van der Waals surface area contributed by atoms with Crippen LogP contribution in [0.15, 0.2) is 0 Å². The van der Waals surface area contributed by atoms with Gasteiger partial charge in [-0.2, -0.15) is 0 Å². The Morgan fingerprint density at radius 1 is 1.75 bits per heavy atom. The third-order valence-electron chi connectivity index (χ3n) is 1.87. The van der Waals surface area contributed by atoms with Crippen LogP contribution in [0.4, 0.5) is 0 Å². The fraction of sp³-hybridized carbons (Fsp3) is 0.857. The van der Waals surface area contributed by atoms with E-state index in [-0.39, 0.29) is 12.0 Å². The second-order valence-corrected chi connectivity index (χ2v) is 2.73. The molecule has 0 aromatic carbocycles. The van der Waals surface area contributed by atoms with Gasteiger partial charge in [-0.25, -0.2) is 5.48 Å². The Morgan fingerprint density at radius 2 is 2.50 bits per heavy atom. The molecule has 0 radical (unpaired) electrons. The van der Waals surface area contributed by atoms with Crippen molar-refractivity contribution in [2.24, 2.45) is 5.73 Å². The van der Waals surface area contributed by atoms with Crippen LogP contribution in [0, 0.1) is 0 Å². The monoisotopic (exact) mass is 174 g/mol. The van der Waals surface area contributed by atoms with Crippen LogP contribution in [0.5, 0.6) is 0 Å². The van der Waals surface area contributed by atoms with Gasteiger partial charge < -0.3 is 10.5 Å². The van der Waals surface area contributed by atoms with Gasteiger partial charge in [0.1, 0.15) is 6.10 Å². The second kappa shape index (κ2) is 4.39. The lowest BCUT2D eigenvalue weighted by atomic mass is 10.2. The van der Waals surface area contributed by atoms with E-state index >= 15 is 0 Å². The SMILES string of the molecule is CONC(=O)C1CCC(CN)O1. The molecule has 2 atom stereocenters. The lowest BCUT2D eigenvalue weighted by Crippen LogP contribution is -2.34. The minimum Gasteiger partial charge on any atom is -0.364 e. The summed E-state index contributed by atoms with van der Waals surface area (Å²) in [6, 6.07) is 0. The van der Waals surface area contributed by atoms with Gasteiger partial charge in [0.05, 0.1) is 13.2 Å². The van der Waals surface area contributed by atoms with Crippen molar-refractivity contribution in [3.63, 3.8) is 0 Å². The molecule has 1 heterocycles. The Kier molecular flexibility index (Phi) is 3.46. The molecule has 0 aliphatic carbocycles. The molecule has 1 rings (SSSR count). The molecule has 1 aliphatic heterocycles.